The largest absolute Gasteiger partial charge is 0.358 e. The van der Waals surface area contributed by atoms with Gasteiger partial charge in [-0.1, -0.05) is 30.1 Å². The Morgan fingerprint density at radius 1 is 1.12 bits per heavy atom. The Kier molecular flexibility index (Phi) is 5.90. The zero-order valence-electron chi connectivity index (χ0n) is 18.2. The summed E-state index contributed by atoms with van der Waals surface area (Å²) in [4.78, 5) is 22.6. The zero-order chi connectivity index (χ0) is 22.4. The molecule has 32 heavy (non-hydrogen) atoms. The molecule has 5 rings (SSSR count). The molecule has 4 heterocycles. The third kappa shape index (κ3) is 4.02. The first-order chi connectivity index (χ1) is 15.4. The van der Waals surface area contributed by atoms with E-state index in [1.54, 1.807) is 18.2 Å². The number of fused-ring (bicyclic) bond motifs is 1. The Labute approximate surface area is 198 Å². The van der Waals surface area contributed by atoms with E-state index in [9.17, 15) is 4.79 Å². The van der Waals surface area contributed by atoms with Gasteiger partial charge in [0.05, 0.1) is 28.9 Å². The van der Waals surface area contributed by atoms with Crippen LogP contribution in [0.1, 0.15) is 54.7 Å². The first-order valence-electron chi connectivity index (χ1n) is 11.3. The fourth-order valence-corrected chi connectivity index (χ4v) is 5.43. The summed E-state index contributed by atoms with van der Waals surface area (Å²) in [5.41, 5.74) is 7.45. The fraction of sp³-hybridized carbons (Fsp3) is 0.522. The van der Waals surface area contributed by atoms with Crippen LogP contribution in [0, 0.1) is 5.92 Å². The van der Waals surface area contributed by atoms with E-state index in [0.717, 1.165) is 62.7 Å². The standard InChI is InChI=1S/C23H28Cl2N6O/c1-14-12-31-21(27-22(14)29-9-7-16(26)13-29)11-19(28-31)20-4-2-3-8-30(20)23(32)17-10-15(24)5-6-18(17)25/h5-6,10-11,14,16,20H,2-4,7-9,12-13,26H2,1H3/t14?,16-,20-/m0/s1. The van der Waals surface area contributed by atoms with Crippen molar-refractivity contribution in [3.63, 3.8) is 0 Å². The van der Waals surface area contributed by atoms with Crippen molar-refractivity contribution >= 4 is 40.8 Å². The molecule has 0 aliphatic carbocycles. The van der Waals surface area contributed by atoms with E-state index in [1.807, 2.05) is 15.6 Å². The van der Waals surface area contributed by atoms with Gasteiger partial charge in [0.1, 0.15) is 5.84 Å². The molecule has 2 saturated heterocycles. The average Bonchev–Trinajstić information content (AvgIpc) is 3.40. The molecule has 7 nitrogen and oxygen atoms in total. The van der Waals surface area contributed by atoms with Crippen LogP contribution in [-0.2, 0) is 6.54 Å². The minimum Gasteiger partial charge on any atom is -0.358 e. The molecule has 2 fully saturated rings. The summed E-state index contributed by atoms with van der Waals surface area (Å²) in [6.45, 7) is 5.45. The lowest BCUT2D eigenvalue weighted by Gasteiger charge is -2.35. The summed E-state index contributed by atoms with van der Waals surface area (Å²) in [6.07, 6.45) is 3.88. The number of hydrogen-bond donors (Lipinski definition) is 1. The predicted molar refractivity (Wildman–Crippen MR) is 127 cm³/mol. The van der Waals surface area contributed by atoms with Gasteiger partial charge < -0.3 is 15.5 Å². The minimum atomic E-state index is -0.100. The number of rotatable bonds is 2. The number of aliphatic imine (C=N–C) groups is 1. The first kappa shape index (κ1) is 21.7. The van der Waals surface area contributed by atoms with E-state index in [0.29, 0.717) is 22.2 Å². The summed E-state index contributed by atoms with van der Waals surface area (Å²) in [6, 6.07) is 7.17. The highest BCUT2D eigenvalue weighted by Crippen LogP contribution is 2.36. The Morgan fingerprint density at radius 2 is 1.97 bits per heavy atom. The molecule has 0 spiro atoms. The van der Waals surface area contributed by atoms with Gasteiger partial charge in [0.25, 0.3) is 5.91 Å². The number of carbonyl (C=O) groups is 1. The van der Waals surface area contributed by atoms with E-state index >= 15 is 0 Å². The zero-order valence-corrected chi connectivity index (χ0v) is 19.7. The predicted octanol–water partition coefficient (Wildman–Crippen LogP) is 4.27. The van der Waals surface area contributed by atoms with Crippen LogP contribution in [0.15, 0.2) is 29.3 Å². The van der Waals surface area contributed by atoms with Gasteiger partial charge in [-0.2, -0.15) is 5.10 Å². The number of piperidine rings is 1. The van der Waals surface area contributed by atoms with E-state index in [2.05, 4.69) is 11.8 Å². The van der Waals surface area contributed by atoms with Gasteiger partial charge in [-0.15, -0.1) is 0 Å². The highest BCUT2D eigenvalue weighted by Gasteiger charge is 2.34. The number of halogens is 2. The lowest BCUT2D eigenvalue weighted by Crippen LogP contribution is -2.39. The smallest absolute Gasteiger partial charge is 0.255 e. The van der Waals surface area contributed by atoms with Crippen molar-refractivity contribution in [3.05, 3.63) is 45.6 Å². The number of carbonyl (C=O) groups excluding carboxylic acids is 1. The number of nitrogens with two attached hydrogens (primary N) is 1. The molecule has 0 bridgehead atoms. The topological polar surface area (TPSA) is 79.8 Å². The lowest BCUT2D eigenvalue weighted by atomic mass is 9.98. The molecule has 1 aromatic carbocycles. The molecule has 170 valence electrons. The Bertz CT molecular complexity index is 1070. The number of likely N-dealkylation sites (tertiary alicyclic amines) is 2. The van der Waals surface area contributed by atoms with Gasteiger partial charge in [0.15, 0.2) is 5.82 Å². The van der Waals surface area contributed by atoms with Crippen molar-refractivity contribution in [2.75, 3.05) is 19.6 Å². The van der Waals surface area contributed by atoms with Gasteiger partial charge in [0, 0.05) is 42.7 Å². The Hall–Kier alpha value is -2.09. The molecule has 3 aliphatic heterocycles. The van der Waals surface area contributed by atoms with Crippen LogP contribution in [0.25, 0.3) is 0 Å². The second-order valence-electron chi connectivity index (χ2n) is 9.11. The second-order valence-corrected chi connectivity index (χ2v) is 9.95. The molecule has 0 saturated carbocycles. The number of hydrogen-bond acceptors (Lipinski definition) is 5. The van der Waals surface area contributed by atoms with Gasteiger partial charge in [-0.05, 0) is 43.9 Å². The normalized spacial score (nSPS) is 25.6. The van der Waals surface area contributed by atoms with Crippen LogP contribution >= 0.6 is 23.2 Å². The summed E-state index contributed by atoms with van der Waals surface area (Å²) in [7, 11) is 0. The van der Waals surface area contributed by atoms with Crippen molar-refractivity contribution in [1.82, 2.24) is 19.6 Å². The number of nitrogens with zero attached hydrogens (tertiary/aromatic N) is 5. The maximum Gasteiger partial charge on any atom is 0.255 e. The molecule has 1 amide bonds. The Morgan fingerprint density at radius 3 is 2.75 bits per heavy atom. The van der Waals surface area contributed by atoms with E-state index in [-0.39, 0.29) is 23.9 Å². The molecular formula is C23H28Cl2N6O. The quantitative estimate of drug-likeness (QED) is 0.704. The third-order valence-electron chi connectivity index (χ3n) is 6.71. The van der Waals surface area contributed by atoms with Crippen molar-refractivity contribution in [1.29, 1.82) is 0 Å². The van der Waals surface area contributed by atoms with E-state index < -0.39 is 0 Å². The molecule has 3 aliphatic rings. The van der Waals surface area contributed by atoms with Crippen LogP contribution in [0.2, 0.25) is 10.0 Å². The Balaban J connectivity index is 1.44. The van der Waals surface area contributed by atoms with Crippen LogP contribution in [0.4, 0.5) is 5.82 Å². The van der Waals surface area contributed by atoms with Gasteiger partial charge in [-0.3, -0.25) is 4.79 Å². The van der Waals surface area contributed by atoms with Crippen LogP contribution < -0.4 is 5.73 Å². The number of aromatic nitrogens is 2. The number of amides is 1. The van der Waals surface area contributed by atoms with Crippen LogP contribution in [0.5, 0.6) is 0 Å². The van der Waals surface area contributed by atoms with Crippen molar-refractivity contribution in [2.24, 2.45) is 16.6 Å². The summed E-state index contributed by atoms with van der Waals surface area (Å²) >= 11 is 12.5. The third-order valence-corrected chi connectivity index (χ3v) is 7.27. The summed E-state index contributed by atoms with van der Waals surface area (Å²) in [5.74, 6) is 2.12. The van der Waals surface area contributed by atoms with Gasteiger partial charge >= 0.3 is 0 Å². The van der Waals surface area contributed by atoms with E-state index in [4.69, 9.17) is 39.0 Å². The molecule has 1 aromatic heterocycles. The minimum absolute atomic E-state index is 0.0986. The lowest BCUT2D eigenvalue weighted by molar-refractivity contribution is 0.0605. The summed E-state index contributed by atoms with van der Waals surface area (Å²) in [5, 5.41) is 5.80. The van der Waals surface area contributed by atoms with Crippen LogP contribution in [-0.4, -0.2) is 57.0 Å². The maximum atomic E-state index is 13.4. The molecule has 9 heteroatoms. The van der Waals surface area contributed by atoms with Crippen LogP contribution in [0.3, 0.4) is 0 Å². The van der Waals surface area contributed by atoms with E-state index in [1.165, 1.54) is 0 Å². The second kappa shape index (κ2) is 8.69. The molecular weight excluding hydrogens is 447 g/mol. The number of amidine groups is 1. The fourth-order valence-electron chi connectivity index (χ4n) is 5.06. The average molecular weight is 475 g/mol. The molecule has 1 unspecified atom stereocenters. The SMILES string of the molecule is CC1Cn2nc([C@@H]3CCCCN3C(=O)c3cc(Cl)ccc3Cl)cc2N=C1N1CC[C@H](N)C1. The highest BCUT2D eigenvalue weighted by molar-refractivity contribution is 6.35. The van der Waals surface area contributed by atoms with Gasteiger partial charge in [0.2, 0.25) is 0 Å². The molecule has 3 atom stereocenters. The monoisotopic (exact) mass is 474 g/mol. The first-order valence-corrected chi connectivity index (χ1v) is 12.1. The number of benzene rings is 1. The van der Waals surface area contributed by atoms with Crippen molar-refractivity contribution < 1.29 is 4.79 Å². The van der Waals surface area contributed by atoms with Crippen molar-refractivity contribution in [3.8, 4) is 0 Å². The van der Waals surface area contributed by atoms with Gasteiger partial charge in [-0.25, -0.2) is 9.67 Å². The van der Waals surface area contributed by atoms with Crippen molar-refractivity contribution in [2.45, 2.75) is 51.2 Å². The molecule has 2 N–H and O–H groups in total. The highest BCUT2D eigenvalue weighted by atomic mass is 35.5. The molecule has 2 aromatic rings. The molecule has 0 radical (unpaired) electrons. The maximum absolute atomic E-state index is 13.4. The summed E-state index contributed by atoms with van der Waals surface area (Å²) < 4.78 is 1.98.